The SMILES string of the molecule is CC1(C)C2=C(C(=O)c3ccc(N4CCC(O)CC4)cc31)c1ccc(C#N)cc1C2. The summed E-state index contributed by atoms with van der Waals surface area (Å²) in [5, 5.41) is 19.1. The molecule has 1 aliphatic heterocycles. The summed E-state index contributed by atoms with van der Waals surface area (Å²) in [5.74, 6) is 0.0957. The van der Waals surface area contributed by atoms with Crippen molar-refractivity contribution >= 4 is 17.0 Å². The predicted octanol–water partition coefficient (Wildman–Crippen LogP) is 4.00. The Morgan fingerprint density at radius 3 is 2.55 bits per heavy atom. The van der Waals surface area contributed by atoms with E-state index in [1.54, 1.807) is 6.07 Å². The van der Waals surface area contributed by atoms with Crippen LogP contribution in [-0.2, 0) is 11.8 Å². The zero-order valence-corrected chi connectivity index (χ0v) is 16.8. The molecule has 1 saturated heterocycles. The van der Waals surface area contributed by atoms with E-state index in [4.69, 9.17) is 0 Å². The van der Waals surface area contributed by atoms with E-state index in [0.717, 1.165) is 71.4 Å². The third-order valence-corrected chi connectivity index (χ3v) is 6.90. The first kappa shape index (κ1) is 18.1. The number of piperidine rings is 1. The summed E-state index contributed by atoms with van der Waals surface area (Å²) >= 11 is 0. The number of Topliss-reactive ketones (excluding diaryl/α,β-unsaturated/α-hetero) is 1. The molecule has 4 heteroatoms. The van der Waals surface area contributed by atoms with E-state index in [2.05, 4.69) is 30.9 Å². The Kier molecular flexibility index (Phi) is 3.94. The molecule has 29 heavy (non-hydrogen) atoms. The maximum Gasteiger partial charge on any atom is 0.193 e. The minimum absolute atomic E-state index is 0.0957. The summed E-state index contributed by atoms with van der Waals surface area (Å²) in [5.41, 5.74) is 7.43. The number of carbonyl (C=O) groups excluding carboxylic acids is 1. The molecule has 0 radical (unpaired) electrons. The van der Waals surface area contributed by atoms with E-state index in [-0.39, 0.29) is 17.3 Å². The van der Waals surface area contributed by atoms with Crippen molar-refractivity contribution in [3.05, 3.63) is 69.8 Å². The van der Waals surface area contributed by atoms with Gasteiger partial charge in [-0.15, -0.1) is 0 Å². The lowest BCUT2D eigenvalue weighted by molar-refractivity contribution is 0.105. The number of nitriles is 1. The summed E-state index contributed by atoms with van der Waals surface area (Å²) in [6.07, 6.45) is 2.08. The molecule has 0 spiro atoms. The first-order chi connectivity index (χ1) is 13.9. The highest BCUT2D eigenvalue weighted by atomic mass is 16.3. The molecule has 4 nitrogen and oxygen atoms in total. The minimum atomic E-state index is -0.254. The topological polar surface area (TPSA) is 64.3 Å². The molecule has 2 aromatic rings. The van der Waals surface area contributed by atoms with Gasteiger partial charge in [0.05, 0.1) is 17.7 Å². The highest BCUT2D eigenvalue weighted by Gasteiger charge is 2.43. The zero-order valence-electron chi connectivity index (χ0n) is 16.8. The van der Waals surface area contributed by atoms with Gasteiger partial charge in [-0.25, -0.2) is 0 Å². The lowest BCUT2D eigenvalue weighted by Gasteiger charge is -2.37. The average molecular weight is 384 g/mol. The van der Waals surface area contributed by atoms with Gasteiger partial charge >= 0.3 is 0 Å². The van der Waals surface area contributed by atoms with Crippen molar-refractivity contribution in [3.63, 3.8) is 0 Å². The van der Waals surface area contributed by atoms with Crippen LogP contribution in [0.15, 0.2) is 42.0 Å². The summed E-state index contributed by atoms with van der Waals surface area (Å²) in [4.78, 5) is 15.8. The number of fused-ring (bicyclic) bond motifs is 3. The number of rotatable bonds is 1. The molecule has 3 aliphatic rings. The van der Waals surface area contributed by atoms with Gasteiger partial charge < -0.3 is 10.0 Å². The van der Waals surface area contributed by atoms with Gasteiger partial charge in [-0.05, 0) is 71.9 Å². The molecular formula is C25H24N2O2. The van der Waals surface area contributed by atoms with Crippen LogP contribution < -0.4 is 4.90 Å². The highest BCUT2D eigenvalue weighted by molar-refractivity contribution is 6.33. The third kappa shape index (κ3) is 2.65. The van der Waals surface area contributed by atoms with Crippen molar-refractivity contribution in [1.82, 2.24) is 0 Å². The maximum atomic E-state index is 13.5. The van der Waals surface area contributed by atoms with Crippen LogP contribution in [0, 0.1) is 11.3 Å². The van der Waals surface area contributed by atoms with Gasteiger partial charge in [0.2, 0.25) is 0 Å². The van der Waals surface area contributed by atoms with Crippen LogP contribution in [0.25, 0.3) is 5.57 Å². The predicted molar refractivity (Wildman–Crippen MR) is 113 cm³/mol. The first-order valence-electron chi connectivity index (χ1n) is 10.3. The summed E-state index contributed by atoms with van der Waals surface area (Å²) < 4.78 is 0. The second kappa shape index (κ2) is 6.30. The number of aliphatic hydroxyl groups is 1. The molecule has 0 aromatic heterocycles. The van der Waals surface area contributed by atoms with Crippen LogP contribution in [0.2, 0.25) is 0 Å². The Morgan fingerprint density at radius 2 is 1.83 bits per heavy atom. The van der Waals surface area contributed by atoms with Gasteiger partial charge in [0.1, 0.15) is 0 Å². The van der Waals surface area contributed by atoms with Crippen molar-refractivity contribution in [2.45, 2.75) is 44.6 Å². The molecule has 1 heterocycles. The average Bonchev–Trinajstić information content (AvgIpc) is 3.12. The van der Waals surface area contributed by atoms with Crippen LogP contribution in [0.1, 0.15) is 59.3 Å². The lowest BCUT2D eigenvalue weighted by atomic mass is 9.68. The van der Waals surface area contributed by atoms with Crippen molar-refractivity contribution in [2.24, 2.45) is 0 Å². The summed E-state index contributed by atoms with van der Waals surface area (Å²) in [6.45, 7) is 6.08. The number of carbonyl (C=O) groups is 1. The number of allylic oxidation sites excluding steroid dienone is 2. The third-order valence-electron chi connectivity index (χ3n) is 6.90. The number of hydrogen-bond acceptors (Lipinski definition) is 4. The van der Waals surface area contributed by atoms with Crippen molar-refractivity contribution in [2.75, 3.05) is 18.0 Å². The second-order valence-electron chi connectivity index (χ2n) is 8.92. The standard InChI is InChI=1S/C25H24N2O2/c1-25(2)21-13-17(27-9-7-18(28)8-10-27)4-6-20(21)24(29)23-19-5-3-15(14-26)11-16(19)12-22(23)25/h3-6,11,13,18,28H,7-10,12H2,1-2H3. The molecule has 5 rings (SSSR count). The molecule has 146 valence electrons. The molecule has 0 unspecified atom stereocenters. The van der Waals surface area contributed by atoms with Crippen LogP contribution in [0.3, 0.4) is 0 Å². The fourth-order valence-corrected chi connectivity index (χ4v) is 5.15. The van der Waals surface area contributed by atoms with E-state index >= 15 is 0 Å². The van der Waals surface area contributed by atoms with Crippen LogP contribution in [-0.4, -0.2) is 30.1 Å². The monoisotopic (exact) mass is 384 g/mol. The van der Waals surface area contributed by atoms with Gasteiger partial charge in [0, 0.05) is 35.3 Å². The maximum absolute atomic E-state index is 13.5. The quantitative estimate of drug-likeness (QED) is 0.807. The Bertz CT molecular complexity index is 1110. The van der Waals surface area contributed by atoms with Crippen molar-refractivity contribution in [1.29, 1.82) is 5.26 Å². The van der Waals surface area contributed by atoms with E-state index in [1.165, 1.54) is 0 Å². The Morgan fingerprint density at radius 1 is 1.10 bits per heavy atom. The molecule has 2 aromatic carbocycles. The van der Waals surface area contributed by atoms with Gasteiger partial charge in [0.15, 0.2) is 5.78 Å². The van der Waals surface area contributed by atoms with Gasteiger partial charge in [-0.3, -0.25) is 4.79 Å². The van der Waals surface area contributed by atoms with Crippen LogP contribution >= 0.6 is 0 Å². The molecule has 2 aliphatic carbocycles. The number of ketones is 1. The van der Waals surface area contributed by atoms with Crippen LogP contribution in [0.5, 0.6) is 0 Å². The van der Waals surface area contributed by atoms with E-state index in [1.807, 2.05) is 24.3 Å². The van der Waals surface area contributed by atoms with E-state index < -0.39 is 0 Å². The number of benzene rings is 2. The zero-order chi connectivity index (χ0) is 20.3. The molecule has 1 fully saturated rings. The van der Waals surface area contributed by atoms with Crippen molar-refractivity contribution < 1.29 is 9.90 Å². The fourth-order valence-electron chi connectivity index (χ4n) is 5.15. The Balaban J connectivity index is 1.58. The van der Waals surface area contributed by atoms with E-state index in [9.17, 15) is 15.2 Å². The summed E-state index contributed by atoms with van der Waals surface area (Å²) in [7, 11) is 0. The lowest BCUT2D eigenvalue weighted by Crippen LogP contribution is -2.36. The molecule has 0 bridgehead atoms. The molecule has 1 N–H and O–H groups in total. The normalized spacial score (nSPS) is 20.2. The second-order valence-corrected chi connectivity index (χ2v) is 8.92. The highest BCUT2D eigenvalue weighted by Crippen LogP contribution is 2.50. The largest absolute Gasteiger partial charge is 0.393 e. The number of anilines is 1. The number of aliphatic hydroxyl groups excluding tert-OH is 1. The molecule has 0 atom stereocenters. The Labute approximate surface area is 171 Å². The van der Waals surface area contributed by atoms with Gasteiger partial charge in [-0.1, -0.05) is 19.9 Å². The molecular weight excluding hydrogens is 360 g/mol. The molecule has 0 saturated carbocycles. The fraction of sp³-hybridized carbons (Fsp3) is 0.360. The van der Waals surface area contributed by atoms with Gasteiger partial charge in [-0.2, -0.15) is 5.26 Å². The molecule has 0 amide bonds. The first-order valence-corrected chi connectivity index (χ1v) is 10.3. The summed E-state index contributed by atoms with van der Waals surface area (Å²) in [6, 6.07) is 14.1. The number of nitrogens with zero attached hydrogens (tertiary/aromatic N) is 2. The minimum Gasteiger partial charge on any atom is -0.393 e. The van der Waals surface area contributed by atoms with Gasteiger partial charge in [0.25, 0.3) is 0 Å². The smallest absolute Gasteiger partial charge is 0.193 e. The Hall–Kier alpha value is -2.90. The van der Waals surface area contributed by atoms with E-state index in [0.29, 0.717) is 5.56 Å². The van der Waals surface area contributed by atoms with Crippen LogP contribution in [0.4, 0.5) is 5.69 Å². The number of hydrogen-bond donors (Lipinski definition) is 1. The van der Waals surface area contributed by atoms with Crippen molar-refractivity contribution in [3.8, 4) is 6.07 Å².